The van der Waals surface area contributed by atoms with Gasteiger partial charge in [0.05, 0.1) is 0 Å². The molecule has 2 aromatic carbocycles. The van der Waals surface area contributed by atoms with E-state index in [1.165, 1.54) is 19.3 Å². The van der Waals surface area contributed by atoms with Crippen LogP contribution in [0.2, 0.25) is 0 Å². The van der Waals surface area contributed by atoms with Crippen molar-refractivity contribution in [3.63, 3.8) is 0 Å². The molecule has 1 amide bonds. The highest BCUT2D eigenvalue weighted by molar-refractivity contribution is 5.81. The number of hydrogen-bond donors (Lipinski definition) is 2. The summed E-state index contributed by atoms with van der Waals surface area (Å²) in [7, 11) is 0. The van der Waals surface area contributed by atoms with E-state index in [0.29, 0.717) is 19.1 Å². The summed E-state index contributed by atoms with van der Waals surface area (Å²) in [4.78, 5) is 23.8. The molecular weight excluding hydrogens is 382 g/mol. The van der Waals surface area contributed by atoms with Crippen molar-refractivity contribution in [2.24, 2.45) is 5.92 Å². The van der Waals surface area contributed by atoms with Gasteiger partial charge in [0.2, 0.25) is 0 Å². The maximum atomic E-state index is 12.3. The first-order valence-corrected chi connectivity index (χ1v) is 10.6. The van der Waals surface area contributed by atoms with Crippen LogP contribution in [0.3, 0.4) is 0 Å². The minimum Gasteiger partial charge on any atom is -0.480 e. The topological polar surface area (TPSA) is 84.9 Å². The molecule has 30 heavy (non-hydrogen) atoms. The Kier molecular flexibility index (Phi) is 6.33. The normalized spacial score (nSPS) is 16.3. The fourth-order valence-electron chi connectivity index (χ4n) is 4.15. The van der Waals surface area contributed by atoms with Crippen LogP contribution >= 0.6 is 0 Å². The lowest BCUT2D eigenvalue weighted by Gasteiger charge is -2.25. The van der Waals surface area contributed by atoms with Crippen LogP contribution in [0.15, 0.2) is 48.5 Å². The summed E-state index contributed by atoms with van der Waals surface area (Å²) in [6.07, 6.45) is 3.10. The Morgan fingerprint density at radius 2 is 1.63 bits per heavy atom. The Morgan fingerprint density at radius 1 is 1.00 bits per heavy atom. The molecule has 6 nitrogen and oxygen atoms in total. The van der Waals surface area contributed by atoms with Crippen molar-refractivity contribution < 1.29 is 24.2 Å². The van der Waals surface area contributed by atoms with Crippen LogP contribution in [0, 0.1) is 5.92 Å². The monoisotopic (exact) mass is 409 g/mol. The number of rotatable bonds is 9. The van der Waals surface area contributed by atoms with Crippen molar-refractivity contribution in [2.75, 3.05) is 19.8 Å². The van der Waals surface area contributed by atoms with E-state index >= 15 is 0 Å². The standard InChI is InChI=1S/C24H27NO5/c26-23(27)22(12-13-29-14-16-6-5-7-16)25-24(28)30-15-21-19-10-3-1-8-17(19)18-9-2-4-11-20(18)21/h1-4,8-11,16,21-22H,5-7,12-15H2,(H,25,28)(H,26,27)/t22-/m0/s1. The molecule has 0 unspecified atom stereocenters. The zero-order valence-electron chi connectivity index (χ0n) is 16.9. The average molecular weight is 409 g/mol. The fourth-order valence-corrected chi connectivity index (χ4v) is 4.15. The van der Waals surface area contributed by atoms with E-state index < -0.39 is 18.1 Å². The number of ether oxygens (including phenoxy) is 2. The van der Waals surface area contributed by atoms with E-state index in [9.17, 15) is 14.7 Å². The molecule has 0 aromatic heterocycles. The number of benzene rings is 2. The molecule has 4 rings (SSSR count). The number of carbonyl (C=O) groups is 2. The van der Waals surface area contributed by atoms with Crippen molar-refractivity contribution >= 4 is 12.1 Å². The van der Waals surface area contributed by atoms with Crippen molar-refractivity contribution in [2.45, 2.75) is 37.6 Å². The van der Waals surface area contributed by atoms with E-state index in [-0.39, 0.29) is 18.9 Å². The molecule has 158 valence electrons. The molecule has 6 heteroatoms. The number of aliphatic carboxylic acids is 1. The summed E-state index contributed by atoms with van der Waals surface area (Å²) in [5.74, 6) is -0.545. The van der Waals surface area contributed by atoms with E-state index in [0.717, 1.165) is 22.3 Å². The second-order valence-electron chi connectivity index (χ2n) is 8.02. The molecule has 0 saturated heterocycles. The molecule has 0 aliphatic heterocycles. The quantitative estimate of drug-likeness (QED) is 0.607. The summed E-state index contributed by atoms with van der Waals surface area (Å²) < 4.78 is 11.0. The fraction of sp³-hybridized carbons (Fsp3) is 0.417. The summed E-state index contributed by atoms with van der Waals surface area (Å²) in [6, 6.07) is 15.1. The van der Waals surface area contributed by atoms with E-state index in [2.05, 4.69) is 17.4 Å². The van der Waals surface area contributed by atoms with Gasteiger partial charge in [-0.15, -0.1) is 0 Å². The molecule has 0 spiro atoms. The van der Waals surface area contributed by atoms with Crippen LogP contribution < -0.4 is 5.32 Å². The lowest BCUT2D eigenvalue weighted by molar-refractivity contribution is -0.140. The first-order valence-electron chi connectivity index (χ1n) is 10.6. The smallest absolute Gasteiger partial charge is 0.407 e. The minimum atomic E-state index is -1.09. The lowest BCUT2D eigenvalue weighted by atomic mass is 9.86. The summed E-state index contributed by atoms with van der Waals surface area (Å²) in [5, 5.41) is 11.9. The van der Waals surface area contributed by atoms with Gasteiger partial charge < -0.3 is 19.9 Å². The zero-order chi connectivity index (χ0) is 20.9. The minimum absolute atomic E-state index is 0.0581. The Hall–Kier alpha value is -2.86. The maximum absolute atomic E-state index is 12.3. The van der Waals surface area contributed by atoms with Crippen molar-refractivity contribution in [3.8, 4) is 11.1 Å². The highest BCUT2D eigenvalue weighted by Gasteiger charge is 2.29. The molecule has 0 heterocycles. The molecule has 2 N–H and O–H groups in total. The van der Waals surface area contributed by atoms with Gasteiger partial charge in [0.1, 0.15) is 12.6 Å². The third kappa shape index (κ3) is 4.49. The highest BCUT2D eigenvalue weighted by Crippen LogP contribution is 2.44. The molecule has 2 aliphatic carbocycles. The van der Waals surface area contributed by atoms with Gasteiger partial charge in [-0.1, -0.05) is 55.0 Å². The molecule has 2 aromatic rings. The van der Waals surface area contributed by atoms with Crippen LogP contribution in [0.25, 0.3) is 11.1 Å². The molecule has 0 bridgehead atoms. The largest absolute Gasteiger partial charge is 0.480 e. The molecule has 1 saturated carbocycles. The average Bonchev–Trinajstić information content (AvgIpc) is 3.03. The van der Waals surface area contributed by atoms with Gasteiger partial charge in [0.15, 0.2) is 0 Å². The first-order chi connectivity index (χ1) is 14.6. The van der Waals surface area contributed by atoms with Crippen LogP contribution in [0.4, 0.5) is 4.79 Å². The Balaban J connectivity index is 1.30. The van der Waals surface area contributed by atoms with Gasteiger partial charge in [-0.05, 0) is 41.0 Å². The van der Waals surface area contributed by atoms with Crippen LogP contribution in [0.1, 0.15) is 42.7 Å². The van der Waals surface area contributed by atoms with Gasteiger partial charge >= 0.3 is 12.1 Å². The van der Waals surface area contributed by atoms with Crippen LogP contribution in [-0.2, 0) is 14.3 Å². The van der Waals surface area contributed by atoms with Crippen molar-refractivity contribution in [1.29, 1.82) is 0 Å². The van der Waals surface area contributed by atoms with E-state index in [4.69, 9.17) is 9.47 Å². The van der Waals surface area contributed by atoms with Gasteiger partial charge in [0.25, 0.3) is 0 Å². The third-order valence-corrected chi connectivity index (χ3v) is 6.06. The Labute approximate surface area is 176 Å². The van der Waals surface area contributed by atoms with Gasteiger partial charge in [-0.25, -0.2) is 9.59 Å². The maximum Gasteiger partial charge on any atom is 0.407 e. The van der Waals surface area contributed by atoms with Gasteiger partial charge in [-0.3, -0.25) is 0 Å². The van der Waals surface area contributed by atoms with Crippen LogP contribution in [-0.4, -0.2) is 43.0 Å². The SMILES string of the molecule is O=C(N[C@@H](CCOCC1CCC1)C(=O)O)OCC1c2ccccc2-c2ccccc21. The van der Waals surface area contributed by atoms with Crippen molar-refractivity contribution in [1.82, 2.24) is 5.32 Å². The van der Waals surface area contributed by atoms with Gasteiger partial charge in [-0.2, -0.15) is 0 Å². The Morgan fingerprint density at radius 3 is 2.20 bits per heavy atom. The molecule has 2 aliphatic rings. The number of carboxylic acids is 1. The summed E-state index contributed by atoms with van der Waals surface area (Å²) >= 11 is 0. The molecule has 1 fully saturated rings. The summed E-state index contributed by atoms with van der Waals surface area (Å²) in [6.45, 7) is 1.12. The van der Waals surface area contributed by atoms with Crippen molar-refractivity contribution in [3.05, 3.63) is 59.7 Å². The van der Waals surface area contributed by atoms with Gasteiger partial charge in [0, 0.05) is 25.6 Å². The number of hydrogen-bond acceptors (Lipinski definition) is 4. The summed E-state index contributed by atoms with van der Waals surface area (Å²) in [5.41, 5.74) is 4.53. The number of carboxylic acid groups (broad SMARTS) is 1. The van der Waals surface area contributed by atoms with Crippen LogP contribution in [0.5, 0.6) is 0 Å². The Bertz CT molecular complexity index is 862. The molecule has 0 radical (unpaired) electrons. The third-order valence-electron chi connectivity index (χ3n) is 6.06. The number of fused-ring (bicyclic) bond motifs is 3. The predicted octanol–water partition coefficient (Wildman–Crippen LogP) is 4.19. The zero-order valence-corrected chi connectivity index (χ0v) is 16.9. The van der Waals surface area contributed by atoms with E-state index in [1.54, 1.807) is 0 Å². The number of carbonyl (C=O) groups excluding carboxylic acids is 1. The lowest BCUT2D eigenvalue weighted by Crippen LogP contribution is -2.42. The number of alkyl carbamates (subject to hydrolysis) is 1. The van der Waals surface area contributed by atoms with E-state index in [1.807, 2.05) is 36.4 Å². The second kappa shape index (κ2) is 9.30. The first kappa shape index (κ1) is 20.4. The predicted molar refractivity (Wildman–Crippen MR) is 112 cm³/mol. The second-order valence-corrected chi connectivity index (χ2v) is 8.02. The number of amides is 1. The number of nitrogens with one attached hydrogen (secondary N) is 1. The molecule has 1 atom stereocenters. The molecular formula is C24H27NO5. The highest BCUT2D eigenvalue weighted by atomic mass is 16.5.